The van der Waals surface area contributed by atoms with E-state index in [1.807, 2.05) is 0 Å². The molecule has 1 heterocycles. The average Bonchev–Trinajstić information content (AvgIpc) is 3.02. The Bertz CT molecular complexity index is 1230. The fourth-order valence-corrected chi connectivity index (χ4v) is 3.98. The highest BCUT2D eigenvalue weighted by molar-refractivity contribution is 6.09. The normalized spacial score (nSPS) is 11.3. The van der Waals surface area contributed by atoms with Crippen LogP contribution in [0.5, 0.6) is 0 Å². The lowest BCUT2D eigenvalue weighted by atomic mass is 10.0. The number of aryl methyl sites for hydroxylation is 1. The highest BCUT2D eigenvalue weighted by Crippen LogP contribution is 2.33. The minimum Gasteiger partial charge on any atom is -0.309 e. The van der Waals surface area contributed by atoms with Crippen LogP contribution < -0.4 is 0 Å². The summed E-state index contributed by atoms with van der Waals surface area (Å²) in [5.41, 5.74) is 7.72. The summed E-state index contributed by atoms with van der Waals surface area (Å²) in [5.74, 6) is 0. The number of hydrogen-bond donors (Lipinski definition) is 0. The van der Waals surface area contributed by atoms with Gasteiger partial charge in [-0.25, -0.2) is 0 Å². The lowest BCUT2D eigenvalue weighted by Crippen LogP contribution is -1.93. The molecule has 0 aliphatic rings. The van der Waals surface area contributed by atoms with Gasteiger partial charge in [0, 0.05) is 16.5 Å². The maximum atomic E-state index is 2.37. The number of fused-ring (bicyclic) bond motifs is 3. The summed E-state index contributed by atoms with van der Waals surface area (Å²) in [6, 6.07) is 35.0. The Morgan fingerprint density at radius 1 is 0.593 bits per heavy atom. The van der Waals surface area contributed by atoms with Crippen molar-refractivity contribution in [2.45, 2.75) is 13.3 Å². The number of aromatic nitrogens is 1. The van der Waals surface area contributed by atoms with Gasteiger partial charge in [0.05, 0.1) is 11.0 Å². The van der Waals surface area contributed by atoms with Crippen molar-refractivity contribution < 1.29 is 0 Å². The van der Waals surface area contributed by atoms with Gasteiger partial charge in [0.25, 0.3) is 0 Å². The van der Waals surface area contributed by atoms with Crippen molar-refractivity contribution in [3.05, 3.63) is 114 Å². The van der Waals surface area contributed by atoms with Gasteiger partial charge in [-0.2, -0.15) is 0 Å². The van der Waals surface area contributed by atoms with Crippen molar-refractivity contribution >= 4 is 21.8 Å². The first-order valence-corrected chi connectivity index (χ1v) is 9.43. The summed E-state index contributed by atoms with van der Waals surface area (Å²) in [4.78, 5) is 0. The van der Waals surface area contributed by atoms with Crippen LogP contribution in [0.15, 0.2) is 97.1 Å². The van der Waals surface area contributed by atoms with Crippen LogP contribution in [0.3, 0.4) is 0 Å². The monoisotopic (exact) mass is 347 g/mol. The molecule has 0 amide bonds. The third-order valence-corrected chi connectivity index (χ3v) is 5.25. The molecule has 1 nitrogen and oxygen atoms in total. The molecular weight excluding hydrogens is 326 g/mol. The fraction of sp³-hybridized carbons (Fsp3) is 0.0769. The Morgan fingerprint density at radius 3 is 1.96 bits per heavy atom. The van der Waals surface area contributed by atoms with Crippen molar-refractivity contribution in [3.63, 3.8) is 0 Å². The zero-order valence-electron chi connectivity index (χ0n) is 15.4. The van der Waals surface area contributed by atoms with Crippen LogP contribution in [0, 0.1) is 6.92 Å². The Kier molecular flexibility index (Phi) is 3.79. The molecule has 0 N–H and O–H groups in total. The summed E-state index contributed by atoms with van der Waals surface area (Å²) in [6.45, 7) is 2.17. The maximum Gasteiger partial charge on any atom is 0.0541 e. The van der Waals surface area contributed by atoms with E-state index in [0.29, 0.717) is 0 Å². The van der Waals surface area contributed by atoms with Crippen molar-refractivity contribution in [2.24, 2.45) is 0 Å². The molecule has 0 aliphatic carbocycles. The van der Waals surface area contributed by atoms with Gasteiger partial charge in [0.15, 0.2) is 0 Å². The van der Waals surface area contributed by atoms with Crippen LogP contribution in [0.1, 0.15) is 16.7 Å². The third-order valence-electron chi connectivity index (χ3n) is 5.25. The minimum atomic E-state index is 0.959. The van der Waals surface area contributed by atoms with E-state index in [4.69, 9.17) is 0 Å². The lowest BCUT2D eigenvalue weighted by molar-refractivity contribution is 1.17. The molecule has 1 heteroatoms. The van der Waals surface area contributed by atoms with Gasteiger partial charge in [-0.15, -0.1) is 0 Å². The predicted octanol–water partition coefficient (Wildman–Crippen LogP) is 6.68. The van der Waals surface area contributed by atoms with E-state index >= 15 is 0 Å². The molecular formula is C26H21N. The van der Waals surface area contributed by atoms with Gasteiger partial charge in [-0.05, 0) is 60.9 Å². The second-order valence-electron chi connectivity index (χ2n) is 7.21. The predicted molar refractivity (Wildman–Crippen MR) is 115 cm³/mol. The second kappa shape index (κ2) is 6.44. The molecule has 0 unspecified atom stereocenters. The van der Waals surface area contributed by atoms with Gasteiger partial charge < -0.3 is 4.57 Å². The van der Waals surface area contributed by atoms with Crippen LogP contribution >= 0.6 is 0 Å². The molecule has 0 atom stereocenters. The van der Waals surface area contributed by atoms with Crippen LogP contribution in [-0.2, 0) is 6.42 Å². The van der Waals surface area contributed by atoms with Gasteiger partial charge in [0.2, 0.25) is 0 Å². The maximum absolute atomic E-state index is 2.37. The number of benzene rings is 4. The molecule has 27 heavy (non-hydrogen) atoms. The van der Waals surface area contributed by atoms with Crippen molar-refractivity contribution in [3.8, 4) is 5.69 Å². The first kappa shape index (κ1) is 15.9. The summed E-state index contributed by atoms with van der Waals surface area (Å²) in [6.07, 6.45) is 0.959. The molecule has 0 radical (unpaired) electrons. The molecule has 1 aromatic heterocycles. The van der Waals surface area contributed by atoms with Gasteiger partial charge >= 0.3 is 0 Å². The quantitative estimate of drug-likeness (QED) is 0.343. The standard InChI is InChI=1S/C26H21N/c1-19-12-14-25-23(16-19)24-18-21(17-20-8-4-2-5-9-20)13-15-26(24)27(25)22-10-6-3-7-11-22/h2-16,18H,17H2,1H3. The molecule has 0 spiro atoms. The summed E-state index contributed by atoms with van der Waals surface area (Å²) >= 11 is 0. The average molecular weight is 347 g/mol. The Balaban J connectivity index is 1.75. The molecule has 0 saturated heterocycles. The van der Waals surface area contributed by atoms with Crippen molar-refractivity contribution in [1.82, 2.24) is 4.57 Å². The first-order valence-electron chi connectivity index (χ1n) is 9.43. The number of rotatable bonds is 3. The number of hydrogen-bond acceptors (Lipinski definition) is 0. The van der Waals surface area contributed by atoms with Gasteiger partial charge in [0.1, 0.15) is 0 Å². The van der Waals surface area contributed by atoms with E-state index in [0.717, 1.165) is 6.42 Å². The van der Waals surface area contributed by atoms with E-state index in [-0.39, 0.29) is 0 Å². The molecule has 130 valence electrons. The molecule has 5 rings (SSSR count). The van der Waals surface area contributed by atoms with Crippen LogP contribution in [0.4, 0.5) is 0 Å². The number of nitrogens with zero attached hydrogens (tertiary/aromatic N) is 1. The Hall–Kier alpha value is -3.32. The van der Waals surface area contributed by atoms with Crippen LogP contribution in [0.2, 0.25) is 0 Å². The number of para-hydroxylation sites is 1. The lowest BCUT2D eigenvalue weighted by Gasteiger charge is -2.08. The minimum absolute atomic E-state index is 0.959. The SMILES string of the molecule is Cc1ccc2c(c1)c1cc(Cc3ccccc3)ccc1n2-c1ccccc1. The summed E-state index contributed by atoms with van der Waals surface area (Å²) in [7, 11) is 0. The summed E-state index contributed by atoms with van der Waals surface area (Å²) in [5, 5.41) is 2.65. The highest BCUT2D eigenvalue weighted by Gasteiger charge is 2.13. The van der Waals surface area contributed by atoms with Crippen molar-refractivity contribution in [1.29, 1.82) is 0 Å². The van der Waals surface area contributed by atoms with Gasteiger partial charge in [-0.1, -0.05) is 66.2 Å². The van der Waals surface area contributed by atoms with E-state index in [1.54, 1.807) is 0 Å². The molecule has 0 saturated carbocycles. The van der Waals surface area contributed by atoms with E-state index in [2.05, 4.69) is 109 Å². The van der Waals surface area contributed by atoms with E-state index in [9.17, 15) is 0 Å². The second-order valence-corrected chi connectivity index (χ2v) is 7.21. The van der Waals surface area contributed by atoms with Crippen LogP contribution in [-0.4, -0.2) is 4.57 Å². The summed E-state index contributed by atoms with van der Waals surface area (Å²) < 4.78 is 2.37. The van der Waals surface area contributed by atoms with Gasteiger partial charge in [-0.3, -0.25) is 0 Å². The smallest absolute Gasteiger partial charge is 0.0541 e. The van der Waals surface area contributed by atoms with E-state index in [1.165, 1.54) is 44.2 Å². The fourth-order valence-electron chi connectivity index (χ4n) is 3.98. The van der Waals surface area contributed by atoms with E-state index < -0.39 is 0 Å². The first-order chi connectivity index (χ1) is 13.3. The molecule has 0 aliphatic heterocycles. The zero-order valence-corrected chi connectivity index (χ0v) is 15.4. The Morgan fingerprint density at radius 2 is 1.22 bits per heavy atom. The Labute approximate surface area is 159 Å². The third kappa shape index (κ3) is 2.82. The molecule has 0 bridgehead atoms. The molecule has 0 fully saturated rings. The molecule has 5 aromatic rings. The van der Waals surface area contributed by atoms with Crippen molar-refractivity contribution in [2.75, 3.05) is 0 Å². The van der Waals surface area contributed by atoms with Crippen LogP contribution in [0.25, 0.3) is 27.5 Å². The highest BCUT2D eigenvalue weighted by atomic mass is 15.0. The molecule has 4 aromatic carbocycles. The zero-order chi connectivity index (χ0) is 18.2. The largest absolute Gasteiger partial charge is 0.309 e. The topological polar surface area (TPSA) is 4.93 Å².